The van der Waals surface area contributed by atoms with Crippen LogP contribution in [0.4, 0.5) is 11.5 Å². The molecule has 0 spiro atoms. The average Bonchev–Trinajstić information content (AvgIpc) is 3.21. The smallest absolute Gasteiger partial charge is 0.337 e. The number of benzene rings is 1. The maximum atomic E-state index is 12.5. The van der Waals surface area contributed by atoms with E-state index in [0.717, 1.165) is 19.4 Å². The van der Waals surface area contributed by atoms with Crippen molar-refractivity contribution in [2.75, 3.05) is 30.9 Å². The number of esters is 1. The molecule has 3 rings (SSSR count). The monoisotopic (exact) mass is 390 g/mol. The summed E-state index contributed by atoms with van der Waals surface area (Å²) in [7, 11) is 1.28. The molecule has 1 aromatic heterocycles. The van der Waals surface area contributed by atoms with Gasteiger partial charge in [-0.3, -0.25) is 4.79 Å². The van der Waals surface area contributed by atoms with E-state index in [1.807, 2.05) is 0 Å². The summed E-state index contributed by atoms with van der Waals surface area (Å²) in [5.41, 5.74) is 0.732. The molecule has 2 aromatic rings. The van der Waals surface area contributed by atoms with Crippen molar-refractivity contribution in [1.29, 1.82) is 0 Å². The highest BCUT2D eigenvalue weighted by Gasteiger charge is 2.17. The van der Waals surface area contributed by atoms with Gasteiger partial charge in [-0.15, -0.1) is 0 Å². The fourth-order valence-electron chi connectivity index (χ4n) is 2.65. The zero-order valence-electron chi connectivity index (χ0n) is 14.7. The Morgan fingerprint density at radius 2 is 2.19 bits per heavy atom. The number of aromatic nitrogens is 2. The fraction of sp³-hybridized carbons (Fsp3) is 0.333. The Hall–Kier alpha value is -2.71. The van der Waals surface area contributed by atoms with Crippen molar-refractivity contribution in [2.45, 2.75) is 18.9 Å². The van der Waals surface area contributed by atoms with Crippen molar-refractivity contribution in [3.05, 3.63) is 46.9 Å². The standard InChI is InChI=1S/C18H19ClN4O4/c1-26-18(25)11-4-5-13(19)14(7-11)23-17(24)15-8-16(22-10-21-15)20-9-12-3-2-6-27-12/h4-5,7-8,10,12H,2-3,6,9H2,1H3,(H,23,24)(H,20,21,22). The second kappa shape index (κ2) is 8.79. The predicted octanol–water partition coefficient (Wildman–Crippen LogP) is 2.76. The summed E-state index contributed by atoms with van der Waals surface area (Å²) in [4.78, 5) is 32.2. The topological polar surface area (TPSA) is 102 Å². The highest BCUT2D eigenvalue weighted by Crippen LogP contribution is 2.24. The number of hydrogen-bond donors (Lipinski definition) is 2. The third kappa shape index (κ3) is 4.93. The maximum Gasteiger partial charge on any atom is 0.337 e. The molecule has 9 heteroatoms. The van der Waals surface area contributed by atoms with Gasteiger partial charge in [-0.25, -0.2) is 14.8 Å². The lowest BCUT2D eigenvalue weighted by molar-refractivity contribution is 0.0600. The molecule has 8 nitrogen and oxygen atoms in total. The maximum absolute atomic E-state index is 12.5. The molecule has 142 valence electrons. The Morgan fingerprint density at radius 1 is 1.33 bits per heavy atom. The zero-order chi connectivity index (χ0) is 19.2. The van der Waals surface area contributed by atoms with Crippen LogP contribution >= 0.6 is 11.6 Å². The minimum absolute atomic E-state index is 0.150. The summed E-state index contributed by atoms with van der Waals surface area (Å²) in [6.07, 6.45) is 3.51. The number of hydrogen-bond acceptors (Lipinski definition) is 7. The Balaban J connectivity index is 1.69. The summed E-state index contributed by atoms with van der Waals surface area (Å²) in [6, 6.07) is 6.02. The van der Waals surface area contributed by atoms with Crippen LogP contribution in [0.3, 0.4) is 0 Å². The van der Waals surface area contributed by atoms with E-state index in [1.165, 1.54) is 31.6 Å². The number of anilines is 2. The number of ether oxygens (including phenoxy) is 2. The van der Waals surface area contributed by atoms with Gasteiger partial charge in [-0.05, 0) is 31.0 Å². The Morgan fingerprint density at radius 3 is 2.93 bits per heavy atom. The molecule has 1 aromatic carbocycles. The first-order valence-corrected chi connectivity index (χ1v) is 8.81. The molecule has 0 aliphatic carbocycles. The summed E-state index contributed by atoms with van der Waals surface area (Å²) in [5, 5.41) is 6.09. The number of nitrogens with one attached hydrogen (secondary N) is 2. The van der Waals surface area contributed by atoms with Crippen LogP contribution in [-0.4, -0.2) is 48.2 Å². The SMILES string of the molecule is COC(=O)c1ccc(Cl)c(NC(=O)c2cc(NCC3CCCO3)ncn2)c1. The van der Waals surface area contributed by atoms with Crippen LogP contribution in [0.1, 0.15) is 33.7 Å². The molecule has 2 N–H and O–H groups in total. The van der Waals surface area contributed by atoms with E-state index in [1.54, 1.807) is 6.07 Å². The molecule has 1 fully saturated rings. The molecule has 0 bridgehead atoms. The second-order valence-electron chi connectivity index (χ2n) is 5.94. The highest BCUT2D eigenvalue weighted by molar-refractivity contribution is 6.34. The fourth-order valence-corrected chi connectivity index (χ4v) is 2.82. The van der Waals surface area contributed by atoms with Gasteiger partial charge in [0, 0.05) is 19.2 Å². The highest BCUT2D eigenvalue weighted by atomic mass is 35.5. The number of carbonyl (C=O) groups is 2. The Labute approximate surface area is 161 Å². The normalized spacial score (nSPS) is 16.0. The largest absolute Gasteiger partial charge is 0.465 e. The predicted molar refractivity (Wildman–Crippen MR) is 100 cm³/mol. The van der Waals surface area contributed by atoms with Crippen molar-refractivity contribution in [3.8, 4) is 0 Å². The van der Waals surface area contributed by atoms with Crippen LogP contribution in [0, 0.1) is 0 Å². The van der Waals surface area contributed by atoms with Gasteiger partial charge in [0.1, 0.15) is 17.8 Å². The molecule has 1 unspecified atom stereocenters. The Kier molecular flexibility index (Phi) is 6.20. The van der Waals surface area contributed by atoms with E-state index >= 15 is 0 Å². The molecule has 1 aliphatic heterocycles. The van der Waals surface area contributed by atoms with Crippen LogP contribution < -0.4 is 10.6 Å². The van der Waals surface area contributed by atoms with Gasteiger partial charge in [-0.1, -0.05) is 11.6 Å². The molecule has 0 radical (unpaired) electrons. The number of carbonyl (C=O) groups excluding carboxylic acids is 2. The lowest BCUT2D eigenvalue weighted by Gasteiger charge is -2.12. The van der Waals surface area contributed by atoms with E-state index < -0.39 is 11.9 Å². The van der Waals surface area contributed by atoms with E-state index in [2.05, 4.69) is 25.3 Å². The molecular weight excluding hydrogens is 372 g/mol. The third-order valence-corrected chi connectivity index (χ3v) is 4.40. The first-order chi connectivity index (χ1) is 13.1. The van der Waals surface area contributed by atoms with Crippen molar-refractivity contribution >= 4 is 35.0 Å². The van der Waals surface area contributed by atoms with E-state index in [9.17, 15) is 9.59 Å². The molecular formula is C18H19ClN4O4. The second-order valence-corrected chi connectivity index (χ2v) is 6.35. The number of halogens is 1. The quantitative estimate of drug-likeness (QED) is 0.731. The molecule has 1 atom stereocenters. The lowest BCUT2D eigenvalue weighted by atomic mass is 10.2. The van der Waals surface area contributed by atoms with Gasteiger partial charge in [-0.2, -0.15) is 0 Å². The minimum Gasteiger partial charge on any atom is -0.465 e. The van der Waals surface area contributed by atoms with Gasteiger partial charge >= 0.3 is 5.97 Å². The van der Waals surface area contributed by atoms with Crippen molar-refractivity contribution in [2.24, 2.45) is 0 Å². The van der Waals surface area contributed by atoms with Crippen molar-refractivity contribution in [1.82, 2.24) is 9.97 Å². The first kappa shape index (κ1) is 19.1. The Bertz CT molecular complexity index is 840. The molecule has 0 saturated carbocycles. The number of methoxy groups -OCH3 is 1. The number of rotatable bonds is 6. The van der Waals surface area contributed by atoms with Gasteiger partial charge in [0.05, 0.1) is 29.5 Å². The molecule has 2 heterocycles. The van der Waals surface area contributed by atoms with Gasteiger partial charge in [0.2, 0.25) is 0 Å². The molecule has 1 saturated heterocycles. The van der Waals surface area contributed by atoms with Crippen molar-refractivity contribution in [3.63, 3.8) is 0 Å². The van der Waals surface area contributed by atoms with Gasteiger partial charge in [0.25, 0.3) is 5.91 Å². The summed E-state index contributed by atoms with van der Waals surface area (Å²) >= 11 is 6.10. The lowest BCUT2D eigenvalue weighted by Crippen LogP contribution is -2.20. The zero-order valence-corrected chi connectivity index (χ0v) is 15.5. The van der Waals surface area contributed by atoms with Crippen LogP contribution in [0.2, 0.25) is 5.02 Å². The van der Waals surface area contributed by atoms with E-state index in [4.69, 9.17) is 16.3 Å². The summed E-state index contributed by atoms with van der Waals surface area (Å²) in [5.74, 6) is -0.466. The molecule has 1 amide bonds. The summed E-state index contributed by atoms with van der Waals surface area (Å²) in [6.45, 7) is 1.39. The van der Waals surface area contributed by atoms with Crippen molar-refractivity contribution < 1.29 is 19.1 Å². The third-order valence-electron chi connectivity index (χ3n) is 4.07. The van der Waals surface area contributed by atoms with Gasteiger partial charge < -0.3 is 20.1 Å². The van der Waals surface area contributed by atoms with Crippen LogP contribution in [0.25, 0.3) is 0 Å². The summed E-state index contributed by atoms with van der Waals surface area (Å²) < 4.78 is 10.2. The minimum atomic E-state index is -0.523. The van der Waals surface area contributed by atoms with E-state index in [0.29, 0.717) is 17.4 Å². The average molecular weight is 391 g/mol. The van der Waals surface area contributed by atoms with Crippen LogP contribution in [-0.2, 0) is 9.47 Å². The molecule has 27 heavy (non-hydrogen) atoms. The van der Waals surface area contributed by atoms with E-state index in [-0.39, 0.29) is 23.0 Å². The first-order valence-electron chi connectivity index (χ1n) is 8.43. The van der Waals surface area contributed by atoms with Crippen LogP contribution in [0.15, 0.2) is 30.6 Å². The number of nitrogens with zero attached hydrogens (tertiary/aromatic N) is 2. The molecule has 1 aliphatic rings. The van der Waals surface area contributed by atoms with Gasteiger partial charge in [0.15, 0.2) is 0 Å². The van der Waals surface area contributed by atoms with Crippen LogP contribution in [0.5, 0.6) is 0 Å². The number of amides is 1.